The summed E-state index contributed by atoms with van der Waals surface area (Å²) in [5.41, 5.74) is 0. The van der Waals surface area contributed by atoms with Crippen LogP contribution in [-0.2, 0) is 19.5 Å². The first-order valence-corrected chi connectivity index (χ1v) is 14.9. The van der Waals surface area contributed by atoms with E-state index < -0.39 is 0 Å². The van der Waals surface area contributed by atoms with Crippen molar-refractivity contribution < 1.29 is 4.57 Å². The lowest BCUT2D eigenvalue weighted by Crippen LogP contribution is -2.37. The van der Waals surface area contributed by atoms with Crippen molar-refractivity contribution in [1.29, 1.82) is 0 Å². The Morgan fingerprint density at radius 1 is 0.531 bits per heavy atom. The Bertz CT molecular complexity index is 505. The summed E-state index contributed by atoms with van der Waals surface area (Å²) in [5, 5.41) is 0. The van der Waals surface area contributed by atoms with Gasteiger partial charge in [-0.3, -0.25) is 0 Å². The van der Waals surface area contributed by atoms with Crippen LogP contribution in [0.1, 0.15) is 161 Å². The number of hydrogen-bond acceptors (Lipinski definition) is 0. The zero-order valence-corrected chi connectivity index (χ0v) is 22.5. The van der Waals surface area contributed by atoms with E-state index in [1.807, 2.05) is 0 Å². The van der Waals surface area contributed by atoms with Gasteiger partial charge in [-0.2, -0.15) is 0 Å². The predicted molar refractivity (Wildman–Crippen MR) is 142 cm³/mol. The van der Waals surface area contributed by atoms with Crippen LogP contribution in [0.4, 0.5) is 0 Å². The third kappa shape index (κ3) is 15.1. The van der Waals surface area contributed by atoms with E-state index in [0.717, 1.165) is 0 Å². The number of aromatic nitrogens is 2. The Morgan fingerprint density at radius 3 is 1.44 bits per heavy atom. The predicted octanol–water partition coefficient (Wildman–Crippen LogP) is 9.57. The van der Waals surface area contributed by atoms with Crippen molar-refractivity contribution in [2.24, 2.45) is 0 Å². The Hall–Kier alpha value is -0.790. The lowest BCUT2D eigenvalue weighted by atomic mass is 10.0. The summed E-state index contributed by atoms with van der Waals surface area (Å²) in [6.07, 6.45) is 35.7. The van der Waals surface area contributed by atoms with Gasteiger partial charge in [-0.05, 0) is 25.7 Å². The van der Waals surface area contributed by atoms with E-state index >= 15 is 0 Å². The molecular weight excluding hydrogens is 388 g/mol. The topological polar surface area (TPSA) is 8.81 Å². The Balaban J connectivity index is 2.12. The van der Waals surface area contributed by atoms with E-state index in [0.29, 0.717) is 0 Å². The largest absolute Gasteiger partial charge is 0.256 e. The molecule has 0 atom stereocenters. The first-order valence-electron chi connectivity index (χ1n) is 14.9. The van der Waals surface area contributed by atoms with Crippen molar-refractivity contribution in [3.8, 4) is 0 Å². The fourth-order valence-corrected chi connectivity index (χ4v) is 4.97. The second-order valence-electron chi connectivity index (χ2n) is 10.2. The van der Waals surface area contributed by atoms with Gasteiger partial charge in [-0.15, -0.1) is 0 Å². The molecule has 188 valence electrons. The highest BCUT2D eigenvalue weighted by Crippen LogP contribution is 2.13. The van der Waals surface area contributed by atoms with E-state index in [2.05, 4.69) is 42.3 Å². The SMILES string of the molecule is CCCCCCCCCCCCCCC[n+]1ccn(CCC)c1CCCCCCCCC. The Morgan fingerprint density at radius 2 is 0.969 bits per heavy atom. The zero-order chi connectivity index (χ0) is 23.1. The third-order valence-electron chi connectivity index (χ3n) is 7.06. The van der Waals surface area contributed by atoms with Gasteiger partial charge in [0.1, 0.15) is 12.4 Å². The van der Waals surface area contributed by atoms with Crippen molar-refractivity contribution in [2.45, 2.75) is 175 Å². The standard InChI is InChI=1S/C30H59N2/c1-4-7-9-11-13-14-15-16-17-18-20-22-24-27-32-29-28-31(26-6-3)30(32)25-23-21-19-12-10-8-5-2/h28-29H,4-27H2,1-3H3/q+1. The van der Waals surface area contributed by atoms with Crippen LogP contribution in [0.15, 0.2) is 12.4 Å². The monoisotopic (exact) mass is 447 g/mol. The number of nitrogens with zero attached hydrogens (tertiary/aromatic N) is 2. The maximum absolute atomic E-state index is 2.57. The number of unbranched alkanes of at least 4 members (excludes halogenated alkanes) is 18. The van der Waals surface area contributed by atoms with Crippen molar-refractivity contribution in [2.75, 3.05) is 0 Å². The number of rotatable bonds is 24. The lowest BCUT2D eigenvalue weighted by molar-refractivity contribution is -0.704. The second-order valence-corrected chi connectivity index (χ2v) is 10.2. The quantitative estimate of drug-likeness (QED) is 0.110. The summed E-state index contributed by atoms with van der Waals surface area (Å²) in [6.45, 7) is 9.31. The molecule has 0 unspecified atom stereocenters. The second kappa shape index (κ2) is 22.0. The van der Waals surface area contributed by atoms with Crippen LogP contribution < -0.4 is 4.57 Å². The molecule has 0 aromatic carbocycles. The van der Waals surface area contributed by atoms with Gasteiger partial charge < -0.3 is 0 Å². The summed E-state index contributed by atoms with van der Waals surface area (Å²) < 4.78 is 5.10. The molecule has 2 heteroatoms. The molecule has 0 aliphatic heterocycles. The van der Waals surface area contributed by atoms with E-state index in [1.54, 1.807) is 5.82 Å². The lowest BCUT2D eigenvalue weighted by Gasteiger charge is -2.06. The Labute approximate surface area is 202 Å². The molecule has 0 aliphatic rings. The average Bonchev–Trinajstić information content (AvgIpc) is 3.18. The molecule has 1 aromatic heterocycles. The molecule has 0 aliphatic carbocycles. The van der Waals surface area contributed by atoms with E-state index in [-0.39, 0.29) is 0 Å². The molecule has 0 saturated carbocycles. The fraction of sp³-hybridized carbons (Fsp3) is 0.900. The number of aryl methyl sites for hydroxylation is 2. The van der Waals surface area contributed by atoms with Crippen molar-refractivity contribution in [3.05, 3.63) is 18.2 Å². The minimum Gasteiger partial charge on any atom is -0.234 e. The normalized spacial score (nSPS) is 11.5. The Kier molecular flexibility index (Phi) is 20.1. The van der Waals surface area contributed by atoms with Crippen LogP contribution in [-0.4, -0.2) is 4.57 Å². The fourth-order valence-electron chi connectivity index (χ4n) is 4.97. The van der Waals surface area contributed by atoms with Crippen molar-refractivity contribution in [1.82, 2.24) is 4.57 Å². The molecule has 0 radical (unpaired) electrons. The minimum absolute atomic E-state index is 1.18. The van der Waals surface area contributed by atoms with Crippen LogP contribution in [0.25, 0.3) is 0 Å². The molecule has 0 N–H and O–H groups in total. The molecule has 0 amide bonds. The average molecular weight is 448 g/mol. The summed E-state index contributed by atoms with van der Waals surface area (Å²) >= 11 is 0. The third-order valence-corrected chi connectivity index (χ3v) is 7.06. The molecule has 1 rings (SSSR count). The van der Waals surface area contributed by atoms with Crippen LogP contribution in [0, 0.1) is 0 Å². The molecule has 0 bridgehead atoms. The highest BCUT2D eigenvalue weighted by molar-refractivity contribution is 4.84. The molecule has 1 heterocycles. The summed E-state index contributed by atoms with van der Waals surface area (Å²) in [6, 6.07) is 0. The van der Waals surface area contributed by atoms with E-state index in [9.17, 15) is 0 Å². The van der Waals surface area contributed by atoms with Gasteiger partial charge in [0.2, 0.25) is 0 Å². The van der Waals surface area contributed by atoms with Gasteiger partial charge in [-0.25, -0.2) is 9.13 Å². The molecule has 0 spiro atoms. The number of hydrogen-bond donors (Lipinski definition) is 0. The molecular formula is C30H59N2+. The highest BCUT2D eigenvalue weighted by Gasteiger charge is 2.15. The zero-order valence-electron chi connectivity index (χ0n) is 22.5. The molecule has 2 nitrogen and oxygen atoms in total. The van der Waals surface area contributed by atoms with Gasteiger partial charge in [0.05, 0.1) is 13.1 Å². The van der Waals surface area contributed by atoms with Crippen molar-refractivity contribution >= 4 is 0 Å². The summed E-state index contributed by atoms with van der Waals surface area (Å²) in [5.74, 6) is 1.58. The molecule has 32 heavy (non-hydrogen) atoms. The van der Waals surface area contributed by atoms with Crippen LogP contribution in [0.5, 0.6) is 0 Å². The maximum atomic E-state index is 2.57. The maximum Gasteiger partial charge on any atom is 0.256 e. The summed E-state index contributed by atoms with van der Waals surface area (Å²) in [7, 11) is 0. The minimum atomic E-state index is 1.18. The summed E-state index contributed by atoms with van der Waals surface area (Å²) in [4.78, 5) is 0. The first-order chi connectivity index (χ1) is 15.8. The van der Waals surface area contributed by atoms with Crippen molar-refractivity contribution in [3.63, 3.8) is 0 Å². The highest BCUT2D eigenvalue weighted by atomic mass is 15.1. The van der Waals surface area contributed by atoms with Crippen LogP contribution in [0.3, 0.4) is 0 Å². The number of imidazole rings is 1. The van der Waals surface area contributed by atoms with Crippen LogP contribution >= 0.6 is 0 Å². The molecule has 1 aromatic rings. The van der Waals surface area contributed by atoms with Crippen LogP contribution in [0.2, 0.25) is 0 Å². The van der Waals surface area contributed by atoms with Gasteiger partial charge >= 0.3 is 0 Å². The van der Waals surface area contributed by atoms with Gasteiger partial charge in [-0.1, -0.05) is 130 Å². The molecule has 0 fully saturated rings. The van der Waals surface area contributed by atoms with E-state index in [1.165, 1.54) is 154 Å². The first kappa shape index (κ1) is 29.2. The van der Waals surface area contributed by atoms with Gasteiger partial charge in [0, 0.05) is 6.42 Å². The van der Waals surface area contributed by atoms with E-state index in [4.69, 9.17) is 0 Å². The van der Waals surface area contributed by atoms with Gasteiger partial charge in [0.15, 0.2) is 0 Å². The smallest absolute Gasteiger partial charge is 0.234 e. The van der Waals surface area contributed by atoms with Gasteiger partial charge in [0.25, 0.3) is 5.82 Å². The molecule has 0 saturated heterocycles.